The zero-order valence-corrected chi connectivity index (χ0v) is 15.0. The van der Waals surface area contributed by atoms with E-state index in [0.29, 0.717) is 21.4 Å². The molecule has 25 heavy (non-hydrogen) atoms. The lowest BCUT2D eigenvalue weighted by molar-refractivity contribution is -0.123. The quantitative estimate of drug-likeness (QED) is 0.562. The standard InChI is InChI=1S/C16H15ClN4O3S/c1-7-9(17)4-3-5-10(7)18-14(23)8-6-11(22)19-13-12(8)15(24)21-16(20-13)25-2/h3-5,8H,6H2,1-2H3,(H,18,23)(H2,19,20,21,22,24)/t8-/m0/s1. The first kappa shape index (κ1) is 17.5. The van der Waals surface area contributed by atoms with Crippen LogP contribution in [-0.2, 0) is 9.59 Å². The van der Waals surface area contributed by atoms with Gasteiger partial charge in [-0.05, 0) is 30.9 Å². The number of hydrogen-bond acceptors (Lipinski definition) is 5. The van der Waals surface area contributed by atoms with Crippen molar-refractivity contribution in [2.75, 3.05) is 16.9 Å². The second-order valence-electron chi connectivity index (χ2n) is 5.54. The monoisotopic (exact) mass is 378 g/mol. The van der Waals surface area contributed by atoms with E-state index in [1.54, 1.807) is 31.4 Å². The largest absolute Gasteiger partial charge is 0.325 e. The number of hydrogen-bond donors (Lipinski definition) is 3. The fraction of sp³-hybridized carbons (Fsp3) is 0.250. The summed E-state index contributed by atoms with van der Waals surface area (Å²) >= 11 is 7.30. The molecule has 1 aliphatic rings. The van der Waals surface area contributed by atoms with Crippen LogP contribution in [0.2, 0.25) is 5.02 Å². The van der Waals surface area contributed by atoms with Gasteiger partial charge >= 0.3 is 0 Å². The first-order chi connectivity index (χ1) is 11.9. The third kappa shape index (κ3) is 3.40. The maximum Gasteiger partial charge on any atom is 0.257 e. The van der Waals surface area contributed by atoms with Crippen LogP contribution in [0.3, 0.4) is 0 Å². The third-order valence-electron chi connectivity index (χ3n) is 3.96. The van der Waals surface area contributed by atoms with Gasteiger partial charge in [0.25, 0.3) is 5.56 Å². The molecule has 2 amide bonds. The highest BCUT2D eigenvalue weighted by Crippen LogP contribution is 2.31. The Bertz CT molecular complexity index is 928. The van der Waals surface area contributed by atoms with Crippen LogP contribution in [0.1, 0.15) is 23.5 Å². The Morgan fingerprint density at radius 2 is 2.16 bits per heavy atom. The zero-order chi connectivity index (χ0) is 18.1. The van der Waals surface area contributed by atoms with Gasteiger partial charge in [-0.1, -0.05) is 29.4 Å². The Kier molecular flexibility index (Phi) is 4.82. The Hall–Kier alpha value is -2.32. The summed E-state index contributed by atoms with van der Waals surface area (Å²) in [4.78, 5) is 43.9. The summed E-state index contributed by atoms with van der Waals surface area (Å²) in [5, 5.41) is 6.20. The second kappa shape index (κ2) is 6.89. The van der Waals surface area contributed by atoms with Crippen LogP contribution < -0.4 is 16.2 Å². The number of halogens is 1. The van der Waals surface area contributed by atoms with Gasteiger partial charge in [-0.3, -0.25) is 14.4 Å². The molecule has 7 nitrogen and oxygen atoms in total. The average Bonchev–Trinajstić information content (AvgIpc) is 2.57. The number of thioether (sulfide) groups is 1. The normalized spacial score (nSPS) is 16.1. The van der Waals surface area contributed by atoms with Crippen LogP contribution in [0.25, 0.3) is 0 Å². The molecule has 0 saturated heterocycles. The Balaban J connectivity index is 1.98. The Morgan fingerprint density at radius 3 is 2.88 bits per heavy atom. The van der Waals surface area contributed by atoms with E-state index in [9.17, 15) is 14.4 Å². The van der Waals surface area contributed by atoms with Gasteiger partial charge in [-0.15, -0.1) is 0 Å². The van der Waals surface area contributed by atoms with Crippen molar-refractivity contribution < 1.29 is 9.59 Å². The number of aromatic nitrogens is 2. The number of rotatable bonds is 3. The predicted molar refractivity (Wildman–Crippen MR) is 97.4 cm³/mol. The van der Waals surface area contributed by atoms with Crippen molar-refractivity contribution >= 4 is 46.7 Å². The van der Waals surface area contributed by atoms with Gasteiger partial charge in [-0.25, -0.2) is 4.98 Å². The van der Waals surface area contributed by atoms with E-state index in [0.717, 1.165) is 0 Å². The van der Waals surface area contributed by atoms with E-state index in [1.165, 1.54) is 11.8 Å². The van der Waals surface area contributed by atoms with Gasteiger partial charge in [-0.2, -0.15) is 0 Å². The van der Waals surface area contributed by atoms with E-state index < -0.39 is 17.4 Å². The zero-order valence-electron chi connectivity index (χ0n) is 13.5. The van der Waals surface area contributed by atoms with E-state index in [4.69, 9.17) is 11.6 Å². The lowest BCUT2D eigenvalue weighted by atomic mass is 9.92. The number of anilines is 2. The lowest BCUT2D eigenvalue weighted by Gasteiger charge is -2.23. The van der Waals surface area contributed by atoms with Crippen LogP contribution >= 0.6 is 23.4 Å². The molecule has 0 saturated carbocycles. The molecule has 1 aromatic carbocycles. The van der Waals surface area contributed by atoms with Crippen molar-refractivity contribution in [2.24, 2.45) is 0 Å². The van der Waals surface area contributed by atoms with Crippen LogP contribution in [-0.4, -0.2) is 28.0 Å². The highest BCUT2D eigenvalue weighted by Gasteiger charge is 2.34. The van der Waals surface area contributed by atoms with Crippen molar-refractivity contribution in [1.29, 1.82) is 0 Å². The molecule has 0 radical (unpaired) electrons. The van der Waals surface area contributed by atoms with E-state index >= 15 is 0 Å². The van der Waals surface area contributed by atoms with Crippen molar-refractivity contribution in [3.05, 3.63) is 44.7 Å². The van der Waals surface area contributed by atoms with Crippen molar-refractivity contribution in [2.45, 2.75) is 24.4 Å². The second-order valence-corrected chi connectivity index (χ2v) is 6.75. The fourth-order valence-electron chi connectivity index (χ4n) is 2.63. The molecule has 3 rings (SSSR count). The number of aromatic amines is 1. The van der Waals surface area contributed by atoms with Gasteiger partial charge in [0.05, 0.1) is 11.5 Å². The first-order valence-electron chi connectivity index (χ1n) is 7.44. The van der Waals surface area contributed by atoms with Gasteiger partial charge < -0.3 is 15.6 Å². The molecule has 1 aliphatic heterocycles. The molecule has 1 atom stereocenters. The molecular formula is C16H15ClN4O3S. The number of nitrogens with one attached hydrogen (secondary N) is 3. The molecule has 2 aromatic rings. The molecule has 9 heteroatoms. The SMILES string of the molecule is CSc1nc2c(c(=O)[nH]1)[C@@H](C(=O)Nc1cccc(Cl)c1C)CC(=O)N2. The number of benzene rings is 1. The number of H-pyrrole nitrogens is 1. The van der Waals surface area contributed by atoms with Crippen molar-refractivity contribution in [3.8, 4) is 0 Å². The minimum atomic E-state index is -0.922. The van der Waals surface area contributed by atoms with Gasteiger partial charge in [0.2, 0.25) is 11.8 Å². The van der Waals surface area contributed by atoms with E-state index in [-0.39, 0.29) is 23.7 Å². The minimum Gasteiger partial charge on any atom is -0.325 e. The molecule has 0 spiro atoms. The van der Waals surface area contributed by atoms with Crippen molar-refractivity contribution in [3.63, 3.8) is 0 Å². The van der Waals surface area contributed by atoms with Crippen LogP contribution in [0, 0.1) is 6.92 Å². The number of nitrogens with zero attached hydrogens (tertiary/aromatic N) is 1. The Morgan fingerprint density at radius 1 is 1.40 bits per heavy atom. The fourth-order valence-corrected chi connectivity index (χ4v) is 3.19. The van der Waals surface area contributed by atoms with Gasteiger partial charge in [0.1, 0.15) is 5.82 Å². The summed E-state index contributed by atoms with van der Waals surface area (Å²) < 4.78 is 0. The van der Waals surface area contributed by atoms with Crippen molar-refractivity contribution in [1.82, 2.24) is 9.97 Å². The molecule has 3 N–H and O–H groups in total. The minimum absolute atomic E-state index is 0.123. The number of carbonyl (C=O) groups excluding carboxylic acids is 2. The summed E-state index contributed by atoms with van der Waals surface area (Å²) in [5.74, 6) is -1.60. The van der Waals surface area contributed by atoms with Crippen LogP contribution in [0.5, 0.6) is 0 Å². The van der Waals surface area contributed by atoms with Gasteiger partial charge in [0.15, 0.2) is 5.16 Å². The summed E-state index contributed by atoms with van der Waals surface area (Å²) in [6.45, 7) is 1.78. The van der Waals surface area contributed by atoms with Crippen LogP contribution in [0.15, 0.2) is 28.2 Å². The molecule has 0 bridgehead atoms. The Labute approximate surface area is 152 Å². The van der Waals surface area contributed by atoms with Crippen LogP contribution in [0.4, 0.5) is 11.5 Å². The highest BCUT2D eigenvalue weighted by atomic mass is 35.5. The van der Waals surface area contributed by atoms with E-state index in [1.807, 2.05) is 0 Å². The molecule has 2 heterocycles. The number of fused-ring (bicyclic) bond motifs is 1. The summed E-state index contributed by atoms with van der Waals surface area (Å²) in [6, 6.07) is 5.14. The smallest absolute Gasteiger partial charge is 0.257 e. The maximum absolute atomic E-state index is 12.7. The van der Waals surface area contributed by atoms with E-state index in [2.05, 4.69) is 20.6 Å². The lowest BCUT2D eigenvalue weighted by Crippen LogP contribution is -2.36. The summed E-state index contributed by atoms with van der Waals surface area (Å²) in [6.07, 6.45) is 1.63. The first-order valence-corrected chi connectivity index (χ1v) is 9.05. The highest BCUT2D eigenvalue weighted by molar-refractivity contribution is 7.98. The molecule has 130 valence electrons. The summed E-state index contributed by atoms with van der Waals surface area (Å²) in [7, 11) is 0. The average molecular weight is 379 g/mol. The van der Waals surface area contributed by atoms with Gasteiger partial charge in [0, 0.05) is 17.1 Å². The number of carbonyl (C=O) groups is 2. The molecular weight excluding hydrogens is 364 g/mol. The molecule has 0 unspecified atom stereocenters. The molecule has 0 fully saturated rings. The summed E-state index contributed by atoms with van der Waals surface area (Å²) in [5.41, 5.74) is 0.977. The third-order valence-corrected chi connectivity index (χ3v) is 4.95. The maximum atomic E-state index is 12.7. The predicted octanol–water partition coefficient (Wildman–Crippen LogP) is 2.52. The molecule has 1 aromatic heterocycles. The number of amides is 2. The topological polar surface area (TPSA) is 104 Å². The molecule has 0 aliphatic carbocycles.